The van der Waals surface area contributed by atoms with E-state index in [0.717, 1.165) is 45.4 Å². The van der Waals surface area contributed by atoms with Crippen LogP contribution >= 0.6 is 11.3 Å². The standard InChI is InChI=1S/C15H22N2O2S/c18-15(14-6-1-7-16-14)17(10-12-4-2-8-19-12)11-13-5-3-9-20-13/h3,5,9,12,14,16H,1-2,4,6-8,10-11H2/t12?,14-/m0/s1. The van der Waals surface area contributed by atoms with Crippen molar-refractivity contribution in [3.63, 3.8) is 0 Å². The lowest BCUT2D eigenvalue weighted by Crippen LogP contribution is -2.45. The van der Waals surface area contributed by atoms with Crippen LogP contribution in [0.2, 0.25) is 0 Å². The number of nitrogens with zero attached hydrogens (tertiary/aromatic N) is 1. The Morgan fingerprint density at radius 2 is 2.40 bits per heavy atom. The summed E-state index contributed by atoms with van der Waals surface area (Å²) in [5.41, 5.74) is 0. The number of hydrogen-bond acceptors (Lipinski definition) is 4. The fraction of sp³-hybridized carbons (Fsp3) is 0.667. The van der Waals surface area contributed by atoms with E-state index < -0.39 is 0 Å². The maximum Gasteiger partial charge on any atom is 0.240 e. The number of thiophene rings is 1. The topological polar surface area (TPSA) is 41.6 Å². The Morgan fingerprint density at radius 1 is 1.45 bits per heavy atom. The van der Waals surface area contributed by atoms with Gasteiger partial charge in [-0.2, -0.15) is 0 Å². The molecule has 3 heterocycles. The van der Waals surface area contributed by atoms with E-state index in [1.54, 1.807) is 11.3 Å². The minimum absolute atomic E-state index is 0.0105. The molecule has 0 spiro atoms. The minimum atomic E-state index is 0.0105. The van der Waals surface area contributed by atoms with Crippen LogP contribution in [-0.2, 0) is 16.1 Å². The number of carbonyl (C=O) groups excluding carboxylic acids is 1. The normalized spacial score (nSPS) is 26.0. The zero-order valence-electron chi connectivity index (χ0n) is 11.7. The molecule has 0 aromatic carbocycles. The highest BCUT2D eigenvalue weighted by Crippen LogP contribution is 2.19. The maximum atomic E-state index is 12.7. The van der Waals surface area contributed by atoms with Crippen molar-refractivity contribution >= 4 is 17.2 Å². The van der Waals surface area contributed by atoms with Gasteiger partial charge in [0.1, 0.15) is 0 Å². The quantitative estimate of drug-likeness (QED) is 0.903. The molecule has 20 heavy (non-hydrogen) atoms. The molecule has 1 unspecified atom stereocenters. The summed E-state index contributed by atoms with van der Waals surface area (Å²) in [6.45, 7) is 3.25. The molecule has 110 valence electrons. The first-order valence-corrected chi connectivity index (χ1v) is 8.37. The summed E-state index contributed by atoms with van der Waals surface area (Å²) in [7, 11) is 0. The molecule has 2 fully saturated rings. The molecule has 1 aromatic rings. The molecule has 2 aliphatic rings. The SMILES string of the molecule is O=C([C@@H]1CCCN1)N(Cc1cccs1)CC1CCCO1. The van der Waals surface area contributed by atoms with E-state index in [1.165, 1.54) is 4.88 Å². The predicted octanol–water partition coefficient (Wildman–Crippen LogP) is 2.01. The van der Waals surface area contributed by atoms with Gasteiger partial charge in [-0.15, -0.1) is 11.3 Å². The van der Waals surface area contributed by atoms with Crippen LogP contribution in [0.25, 0.3) is 0 Å². The Morgan fingerprint density at radius 3 is 3.05 bits per heavy atom. The van der Waals surface area contributed by atoms with Crippen LogP contribution in [0, 0.1) is 0 Å². The molecular weight excluding hydrogens is 272 g/mol. The highest BCUT2D eigenvalue weighted by molar-refractivity contribution is 7.09. The summed E-state index contributed by atoms with van der Waals surface area (Å²) >= 11 is 1.71. The molecule has 2 aliphatic heterocycles. The van der Waals surface area contributed by atoms with Gasteiger partial charge in [0.15, 0.2) is 0 Å². The Balaban J connectivity index is 1.66. The van der Waals surface area contributed by atoms with E-state index in [0.29, 0.717) is 6.54 Å². The first kappa shape index (κ1) is 14.0. The summed E-state index contributed by atoms with van der Waals surface area (Å²) in [6.07, 6.45) is 4.48. The molecule has 1 aromatic heterocycles. The lowest BCUT2D eigenvalue weighted by atomic mass is 10.1. The molecule has 0 aliphatic carbocycles. The maximum absolute atomic E-state index is 12.7. The number of carbonyl (C=O) groups is 1. The largest absolute Gasteiger partial charge is 0.376 e. The number of rotatable bonds is 5. The molecule has 1 amide bonds. The van der Waals surface area contributed by atoms with Crippen molar-refractivity contribution in [2.45, 2.75) is 44.4 Å². The van der Waals surface area contributed by atoms with Gasteiger partial charge in [-0.25, -0.2) is 0 Å². The van der Waals surface area contributed by atoms with Gasteiger partial charge < -0.3 is 15.0 Å². The fourth-order valence-electron chi connectivity index (χ4n) is 2.97. The molecule has 2 saturated heterocycles. The summed E-state index contributed by atoms with van der Waals surface area (Å²) in [5.74, 6) is 0.242. The third-order valence-corrected chi connectivity index (χ3v) is 4.91. The van der Waals surface area contributed by atoms with Gasteiger partial charge in [0.2, 0.25) is 5.91 Å². The van der Waals surface area contributed by atoms with E-state index in [9.17, 15) is 4.79 Å². The molecule has 0 saturated carbocycles. The Hall–Kier alpha value is -0.910. The first-order chi connectivity index (χ1) is 9.83. The predicted molar refractivity (Wildman–Crippen MR) is 79.7 cm³/mol. The highest BCUT2D eigenvalue weighted by atomic mass is 32.1. The van der Waals surface area contributed by atoms with Crippen LogP contribution < -0.4 is 5.32 Å². The molecule has 1 N–H and O–H groups in total. The minimum Gasteiger partial charge on any atom is -0.376 e. The fourth-order valence-corrected chi connectivity index (χ4v) is 3.69. The second-order valence-corrected chi connectivity index (χ2v) is 6.61. The third kappa shape index (κ3) is 3.40. The third-order valence-electron chi connectivity index (χ3n) is 4.04. The summed E-state index contributed by atoms with van der Waals surface area (Å²) in [6, 6.07) is 4.15. The average Bonchev–Trinajstić information content (AvgIpc) is 3.20. The van der Waals surface area contributed by atoms with Crippen molar-refractivity contribution in [3.05, 3.63) is 22.4 Å². The van der Waals surface area contributed by atoms with E-state index in [-0.39, 0.29) is 18.1 Å². The average molecular weight is 294 g/mol. The summed E-state index contributed by atoms with van der Waals surface area (Å²) in [4.78, 5) is 15.9. The molecule has 4 nitrogen and oxygen atoms in total. The number of nitrogens with one attached hydrogen (secondary N) is 1. The van der Waals surface area contributed by atoms with Crippen LogP contribution in [0.4, 0.5) is 0 Å². The van der Waals surface area contributed by atoms with E-state index in [4.69, 9.17) is 4.74 Å². The number of ether oxygens (including phenoxy) is 1. The van der Waals surface area contributed by atoms with Crippen molar-refractivity contribution in [1.82, 2.24) is 10.2 Å². The van der Waals surface area contributed by atoms with E-state index >= 15 is 0 Å². The lowest BCUT2D eigenvalue weighted by Gasteiger charge is -2.27. The summed E-state index contributed by atoms with van der Waals surface area (Å²) in [5, 5.41) is 5.38. The Kier molecular flexibility index (Phi) is 4.70. The second kappa shape index (κ2) is 6.70. The zero-order chi connectivity index (χ0) is 13.8. The Labute approximate surface area is 124 Å². The Bertz CT molecular complexity index is 423. The van der Waals surface area contributed by atoms with E-state index in [1.807, 2.05) is 11.0 Å². The first-order valence-electron chi connectivity index (χ1n) is 7.49. The molecule has 5 heteroatoms. The molecule has 0 bridgehead atoms. The van der Waals surface area contributed by atoms with E-state index in [2.05, 4.69) is 16.8 Å². The number of hydrogen-bond donors (Lipinski definition) is 1. The molecule has 2 atom stereocenters. The van der Waals surface area contributed by atoms with Gasteiger partial charge in [-0.05, 0) is 43.7 Å². The highest BCUT2D eigenvalue weighted by Gasteiger charge is 2.29. The monoisotopic (exact) mass is 294 g/mol. The smallest absolute Gasteiger partial charge is 0.240 e. The second-order valence-electron chi connectivity index (χ2n) is 5.58. The molecule has 0 radical (unpaired) electrons. The van der Waals surface area contributed by atoms with Crippen LogP contribution in [0.15, 0.2) is 17.5 Å². The van der Waals surface area contributed by atoms with Gasteiger partial charge in [0.25, 0.3) is 0 Å². The van der Waals surface area contributed by atoms with Gasteiger partial charge in [0, 0.05) is 18.0 Å². The van der Waals surface area contributed by atoms with Crippen molar-refractivity contribution < 1.29 is 9.53 Å². The van der Waals surface area contributed by atoms with Gasteiger partial charge in [-0.1, -0.05) is 6.07 Å². The van der Waals surface area contributed by atoms with Gasteiger partial charge in [-0.3, -0.25) is 4.79 Å². The number of amides is 1. The van der Waals surface area contributed by atoms with Crippen molar-refractivity contribution in [2.24, 2.45) is 0 Å². The van der Waals surface area contributed by atoms with Crippen LogP contribution in [-0.4, -0.2) is 42.6 Å². The van der Waals surface area contributed by atoms with Crippen molar-refractivity contribution in [3.8, 4) is 0 Å². The zero-order valence-corrected chi connectivity index (χ0v) is 12.5. The molecular formula is C15H22N2O2S. The molecule has 3 rings (SSSR count). The lowest BCUT2D eigenvalue weighted by molar-refractivity contribution is -0.135. The van der Waals surface area contributed by atoms with Crippen LogP contribution in [0.5, 0.6) is 0 Å². The van der Waals surface area contributed by atoms with Crippen molar-refractivity contribution in [2.75, 3.05) is 19.7 Å². The van der Waals surface area contributed by atoms with Gasteiger partial charge in [0.05, 0.1) is 18.7 Å². The van der Waals surface area contributed by atoms with Crippen LogP contribution in [0.3, 0.4) is 0 Å². The van der Waals surface area contributed by atoms with Crippen molar-refractivity contribution in [1.29, 1.82) is 0 Å². The van der Waals surface area contributed by atoms with Crippen LogP contribution in [0.1, 0.15) is 30.6 Å². The van der Waals surface area contributed by atoms with Gasteiger partial charge >= 0.3 is 0 Å². The summed E-state index contributed by atoms with van der Waals surface area (Å²) < 4.78 is 5.70.